The highest BCUT2D eigenvalue weighted by atomic mass is 32.2. The number of nitrogens with two attached hydrogens (primary N) is 1. The predicted molar refractivity (Wildman–Crippen MR) is 57.5 cm³/mol. The molecule has 0 amide bonds. The zero-order chi connectivity index (χ0) is 8.81. The molecular weight excluding hydrogens is 166 g/mol. The minimum absolute atomic E-state index is 0.457. The fourth-order valence-electron chi connectivity index (χ4n) is 2.07. The molecule has 2 N–H and O–H groups in total. The van der Waals surface area contributed by atoms with Crippen molar-refractivity contribution in [3.05, 3.63) is 0 Å². The Kier molecular flexibility index (Phi) is 5.08. The summed E-state index contributed by atoms with van der Waals surface area (Å²) in [5, 5.41) is 0. The first-order valence-corrected chi connectivity index (χ1v) is 6.48. The maximum Gasteiger partial charge on any atom is 0.0158 e. The molecule has 0 radical (unpaired) electrons. The first-order chi connectivity index (χ1) is 5.84. The number of hydrogen-bond donors (Lipinski definition) is 1. The molecule has 2 heteroatoms. The molecule has 1 aliphatic carbocycles. The van der Waals surface area contributed by atoms with Crippen LogP contribution in [0.15, 0.2) is 0 Å². The molecule has 0 aromatic heterocycles. The summed E-state index contributed by atoms with van der Waals surface area (Å²) in [6, 6.07) is 0.457. The normalized spacial score (nSPS) is 23.5. The molecule has 1 saturated carbocycles. The van der Waals surface area contributed by atoms with E-state index in [9.17, 15) is 0 Å². The van der Waals surface area contributed by atoms with Gasteiger partial charge >= 0.3 is 0 Å². The van der Waals surface area contributed by atoms with E-state index in [4.69, 9.17) is 5.73 Å². The molecule has 1 unspecified atom stereocenters. The number of thioether (sulfide) groups is 1. The maximum atomic E-state index is 6.11. The summed E-state index contributed by atoms with van der Waals surface area (Å²) in [6.45, 7) is 0. The Morgan fingerprint density at radius 1 is 1.25 bits per heavy atom. The Morgan fingerprint density at radius 2 is 1.83 bits per heavy atom. The first-order valence-electron chi connectivity index (χ1n) is 5.09. The van der Waals surface area contributed by atoms with Gasteiger partial charge in [-0.15, -0.1) is 0 Å². The third-order valence-electron chi connectivity index (χ3n) is 2.86. The Balaban J connectivity index is 2.27. The van der Waals surface area contributed by atoms with Crippen LogP contribution in [0, 0.1) is 5.92 Å². The molecule has 1 nitrogen and oxygen atoms in total. The minimum atomic E-state index is 0.457. The van der Waals surface area contributed by atoms with Crippen LogP contribution < -0.4 is 5.73 Å². The highest BCUT2D eigenvalue weighted by molar-refractivity contribution is 7.98. The lowest BCUT2D eigenvalue weighted by Gasteiger charge is -2.21. The van der Waals surface area contributed by atoms with Gasteiger partial charge in [0.2, 0.25) is 0 Å². The molecule has 1 atom stereocenters. The molecule has 1 rings (SSSR count). The van der Waals surface area contributed by atoms with Crippen LogP contribution in [0.5, 0.6) is 0 Å². The van der Waals surface area contributed by atoms with Crippen molar-refractivity contribution in [2.45, 2.75) is 44.6 Å². The SMILES string of the molecule is CSCC(N)C1CCCCCC1. The minimum Gasteiger partial charge on any atom is -0.327 e. The van der Waals surface area contributed by atoms with Crippen molar-refractivity contribution >= 4 is 11.8 Å². The Hall–Kier alpha value is 0.310. The molecule has 0 saturated heterocycles. The van der Waals surface area contributed by atoms with Crippen molar-refractivity contribution in [3.8, 4) is 0 Å². The van der Waals surface area contributed by atoms with E-state index in [0.29, 0.717) is 6.04 Å². The van der Waals surface area contributed by atoms with Crippen molar-refractivity contribution in [1.82, 2.24) is 0 Å². The van der Waals surface area contributed by atoms with Gasteiger partial charge in [0.25, 0.3) is 0 Å². The van der Waals surface area contributed by atoms with Crippen LogP contribution in [0.2, 0.25) is 0 Å². The van der Waals surface area contributed by atoms with Crippen LogP contribution in [0.1, 0.15) is 38.5 Å². The lowest BCUT2D eigenvalue weighted by Crippen LogP contribution is -2.32. The zero-order valence-electron chi connectivity index (χ0n) is 8.09. The predicted octanol–water partition coefficient (Wildman–Crippen LogP) is 2.65. The van der Waals surface area contributed by atoms with Crippen LogP contribution in [0.3, 0.4) is 0 Å². The van der Waals surface area contributed by atoms with E-state index in [1.165, 1.54) is 38.5 Å². The highest BCUT2D eigenvalue weighted by Gasteiger charge is 2.18. The van der Waals surface area contributed by atoms with Gasteiger partial charge in [-0.2, -0.15) is 11.8 Å². The Labute approximate surface area is 80.5 Å². The summed E-state index contributed by atoms with van der Waals surface area (Å²) < 4.78 is 0. The van der Waals surface area contributed by atoms with Gasteiger partial charge in [0.05, 0.1) is 0 Å². The van der Waals surface area contributed by atoms with E-state index in [0.717, 1.165) is 11.7 Å². The summed E-state index contributed by atoms with van der Waals surface area (Å²) in [6.07, 6.45) is 10.6. The summed E-state index contributed by atoms with van der Waals surface area (Å²) in [4.78, 5) is 0. The molecule has 0 aliphatic heterocycles. The second kappa shape index (κ2) is 5.87. The Morgan fingerprint density at radius 3 is 2.33 bits per heavy atom. The standard InChI is InChI=1S/C10H21NS/c1-12-8-10(11)9-6-4-2-3-5-7-9/h9-10H,2-8,11H2,1H3. The smallest absolute Gasteiger partial charge is 0.0158 e. The molecule has 72 valence electrons. The Bertz CT molecular complexity index is 108. The molecule has 12 heavy (non-hydrogen) atoms. The summed E-state index contributed by atoms with van der Waals surface area (Å²) in [5.74, 6) is 1.96. The van der Waals surface area contributed by atoms with Gasteiger partial charge < -0.3 is 5.73 Å². The maximum absolute atomic E-state index is 6.11. The van der Waals surface area contributed by atoms with Crippen LogP contribution >= 0.6 is 11.8 Å². The molecule has 0 bridgehead atoms. The third kappa shape index (κ3) is 3.36. The summed E-state index contributed by atoms with van der Waals surface area (Å²) in [7, 11) is 0. The molecular formula is C10H21NS. The zero-order valence-corrected chi connectivity index (χ0v) is 8.91. The van der Waals surface area contributed by atoms with E-state index < -0.39 is 0 Å². The second-order valence-corrected chi connectivity index (χ2v) is 4.78. The van der Waals surface area contributed by atoms with Crippen molar-refractivity contribution in [2.75, 3.05) is 12.0 Å². The van der Waals surface area contributed by atoms with Crippen molar-refractivity contribution in [2.24, 2.45) is 11.7 Å². The first kappa shape index (κ1) is 10.4. The highest BCUT2D eigenvalue weighted by Crippen LogP contribution is 2.25. The molecule has 0 heterocycles. The average Bonchev–Trinajstić information content (AvgIpc) is 2.32. The van der Waals surface area contributed by atoms with Gasteiger partial charge in [0.1, 0.15) is 0 Å². The molecule has 0 spiro atoms. The lowest BCUT2D eigenvalue weighted by atomic mass is 9.94. The fraction of sp³-hybridized carbons (Fsp3) is 1.00. The quantitative estimate of drug-likeness (QED) is 0.687. The van der Waals surface area contributed by atoms with E-state index in [2.05, 4.69) is 6.26 Å². The topological polar surface area (TPSA) is 26.0 Å². The van der Waals surface area contributed by atoms with E-state index >= 15 is 0 Å². The second-order valence-electron chi connectivity index (χ2n) is 3.87. The number of hydrogen-bond acceptors (Lipinski definition) is 2. The summed E-state index contributed by atoms with van der Waals surface area (Å²) >= 11 is 1.89. The van der Waals surface area contributed by atoms with Crippen molar-refractivity contribution < 1.29 is 0 Å². The van der Waals surface area contributed by atoms with Gasteiger partial charge in [0, 0.05) is 11.8 Å². The monoisotopic (exact) mass is 187 g/mol. The van der Waals surface area contributed by atoms with Crippen molar-refractivity contribution in [3.63, 3.8) is 0 Å². The van der Waals surface area contributed by atoms with Gasteiger partial charge in [0.15, 0.2) is 0 Å². The number of rotatable bonds is 3. The van der Waals surface area contributed by atoms with Gasteiger partial charge in [-0.25, -0.2) is 0 Å². The molecule has 0 aromatic rings. The van der Waals surface area contributed by atoms with Crippen LogP contribution in [-0.4, -0.2) is 18.1 Å². The molecule has 1 aliphatic rings. The van der Waals surface area contributed by atoms with Crippen LogP contribution in [0.4, 0.5) is 0 Å². The van der Waals surface area contributed by atoms with Crippen LogP contribution in [-0.2, 0) is 0 Å². The molecule has 0 aromatic carbocycles. The average molecular weight is 187 g/mol. The largest absolute Gasteiger partial charge is 0.327 e. The fourth-order valence-corrected chi connectivity index (χ4v) is 2.72. The van der Waals surface area contributed by atoms with E-state index in [1.807, 2.05) is 11.8 Å². The van der Waals surface area contributed by atoms with E-state index in [1.54, 1.807) is 0 Å². The van der Waals surface area contributed by atoms with Crippen molar-refractivity contribution in [1.29, 1.82) is 0 Å². The van der Waals surface area contributed by atoms with Gasteiger partial charge in [-0.1, -0.05) is 25.7 Å². The summed E-state index contributed by atoms with van der Waals surface area (Å²) in [5.41, 5.74) is 6.11. The van der Waals surface area contributed by atoms with Gasteiger partial charge in [-0.05, 0) is 25.0 Å². The van der Waals surface area contributed by atoms with E-state index in [-0.39, 0.29) is 0 Å². The third-order valence-corrected chi connectivity index (χ3v) is 3.58. The van der Waals surface area contributed by atoms with Crippen LogP contribution in [0.25, 0.3) is 0 Å². The molecule has 1 fully saturated rings. The van der Waals surface area contributed by atoms with Gasteiger partial charge in [-0.3, -0.25) is 0 Å². The lowest BCUT2D eigenvalue weighted by molar-refractivity contribution is 0.398.